The van der Waals surface area contributed by atoms with Crippen LogP contribution < -0.4 is 4.74 Å². The molecule has 4 aromatic carbocycles. The van der Waals surface area contributed by atoms with Crippen molar-refractivity contribution in [3.05, 3.63) is 132 Å². The van der Waals surface area contributed by atoms with Gasteiger partial charge in [-0.2, -0.15) is 5.10 Å². The van der Waals surface area contributed by atoms with E-state index in [0.29, 0.717) is 11.8 Å². The maximum absolute atomic E-state index is 6.65. The quantitative estimate of drug-likeness (QED) is 0.155. The summed E-state index contributed by atoms with van der Waals surface area (Å²) in [5, 5.41) is 7.53. The fraction of sp³-hybridized carbons (Fsp3) is 0.289. The first kappa shape index (κ1) is 33.3. The van der Waals surface area contributed by atoms with Crippen molar-refractivity contribution in [2.45, 2.75) is 79.6 Å². The first-order valence-electron chi connectivity index (χ1n) is 18.1. The summed E-state index contributed by atoms with van der Waals surface area (Å²) in [4.78, 5) is 4.91. The molecule has 1 atom stereocenters. The molecule has 0 aliphatic rings. The Morgan fingerprint density at radius 3 is 2.22 bits per heavy atom. The van der Waals surface area contributed by atoms with Crippen LogP contribution in [-0.2, 0) is 18.3 Å². The maximum atomic E-state index is 6.65. The van der Waals surface area contributed by atoms with Crippen molar-refractivity contribution in [2.24, 2.45) is 5.92 Å². The number of pyridine rings is 1. The Labute approximate surface area is 296 Å². The van der Waals surface area contributed by atoms with Crippen molar-refractivity contribution in [2.75, 3.05) is 0 Å². The number of fused-ring (bicyclic) bond motifs is 3. The smallest absolute Gasteiger partial charge is 0.137 e. The molecule has 3 aromatic heterocycles. The molecule has 3 heterocycles. The Morgan fingerprint density at radius 1 is 0.720 bits per heavy atom. The maximum Gasteiger partial charge on any atom is 0.137 e. The van der Waals surface area contributed by atoms with E-state index >= 15 is 0 Å². The van der Waals surface area contributed by atoms with E-state index in [-0.39, 0.29) is 5.41 Å². The zero-order valence-electron chi connectivity index (χ0n) is 30.7. The highest BCUT2D eigenvalue weighted by atomic mass is 16.5. The molecule has 0 aliphatic heterocycles. The van der Waals surface area contributed by atoms with E-state index in [2.05, 4.69) is 162 Å². The predicted octanol–water partition coefficient (Wildman–Crippen LogP) is 12.0. The van der Waals surface area contributed by atoms with E-state index in [4.69, 9.17) is 14.8 Å². The van der Waals surface area contributed by atoms with Crippen LogP contribution in [0.3, 0.4) is 0 Å². The van der Waals surface area contributed by atoms with Gasteiger partial charge in [0.1, 0.15) is 17.3 Å². The van der Waals surface area contributed by atoms with Gasteiger partial charge in [-0.05, 0) is 95.3 Å². The Balaban J connectivity index is 1.33. The highest BCUT2D eigenvalue weighted by molar-refractivity contribution is 6.09. The van der Waals surface area contributed by atoms with Gasteiger partial charge >= 0.3 is 0 Å². The van der Waals surface area contributed by atoms with E-state index in [1.165, 1.54) is 38.7 Å². The second-order valence-corrected chi connectivity index (χ2v) is 14.8. The van der Waals surface area contributed by atoms with E-state index in [1.54, 1.807) is 0 Å². The first-order chi connectivity index (χ1) is 24.1. The third-order valence-electron chi connectivity index (χ3n) is 10.2. The number of aromatic nitrogens is 4. The summed E-state index contributed by atoms with van der Waals surface area (Å²) >= 11 is 0. The van der Waals surface area contributed by atoms with Crippen LogP contribution >= 0.6 is 0 Å². The summed E-state index contributed by atoms with van der Waals surface area (Å²) in [6.45, 7) is 18.0. The lowest BCUT2D eigenvalue weighted by molar-refractivity contribution is 0.482. The Bertz CT molecular complexity index is 2300. The zero-order valence-corrected chi connectivity index (χ0v) is 30.7. The van der Waals surface area contributed by atoms with Gasteiger partial charge in [0.2, 0.25) is 0 Å². The molecule has 254 valence electrons. The van der Waals surface area contributed by atoms with Gasteiger partial charge in [0, 0.05) is 34.7 Å². The van der Waals surface area contributed by atoms with Crippen LogP contribution in [0.1, 0.15) is 83.8 Å². The summed E-state index contributed by atoms with van der Waals surface area (Å²) < 4.78 is 11.0. The molecule has 7 rings (SSSR count). The van der Waals surface area contributed by atoms with Crippen LogP contribution in [-0.4, -0.2) is 19.3 Å². The summed E-state index contributed by atoms with van der Waals surface area (Å²) in [6, 6.07) is 36.6. The number of benzene rings is 4. The van der Waals surface area contributed by atoms with E-state index in [1.807, 2.05) is 12.3 Å². The molecule has 0 bridgehead atoms. The van der Waals surface area contributed by atoms with Crippen LogP contribution in [0.2, 0.25) is 0 Å². The average Bonchev–Trinajstić information content (AvgIpc) is 3.66. The highest BCUT2D eigenvalue weighted by Crippen LogP contribution is 2.38. The van der Waals surface area contributed by atoms with Crippen molar-refractivity contribution in [1.29, 1.82) is 0 Å². The van der Waals surface area contributed by atoms with Crippen LogP contribution in [0.5, 0.6) is 11.5 Å². The monoisotopic (exact) mass is 660 g/mol. The largest absolute Gasteiger partial charge is 0.457 e. The molecule has 0 fully saturated rings. The lowest BCUT2D eigenvalue weighted by atomic mass is 9.88. The van der Waals surface area contributed by atoms with Gasteiger partial charge in [-0.3, -0.25) is 4.57 Å². The van der Waals surface area contributed by atoms with Crippen LogP contribution in [0.15, 0.2) is 109 Å². The standard InChI is InChI=1S/C45H48N4O/c1-9-39-44(31-15-12-11-13-16-31)40(10-2)49(47-39)34-17-14-18-35(27-34)50-36-20-21-37-38-25-32(30(5)29(3)4)19-22-41(38)48(42(37)28-36)43-26-33(23-24-46-43)45(6,7)8/h11-30H,9-10H2,1-8H3. The van der Waals surface area contributed by atoms with Crippen LogP contribution in [0.4, 0.5) is 0 Å². The molecular weight excluding hydrogens is 613 g/mol. The van der Waals surface area contributed by atoms with Gasteiger partial charge in [-0.15, -0.1) is 0 Å². The Hall–Kier alpha value is -5.16. The molecule has 7 aromatic rings. The van der Waals surface area contributed by atoms with Crippen LogP contribution in [0, 0.1) is 5.92 Å². The molecule has 0 saturated heterocycles. The van der Waals surface area contributed by atoms with Gasteiger partial charge in [-0.1, -0.05) is 97.9 Å². The van der Waals surface area contributed by atoms with Gasteiger partial charge in [-0.25, -0.2) is 9.67 Å². The summed E-state index contributed by atoms with van der Waals surface area (Å²) in [5.41, 5.74) is 10.5. The molecule has 0 N–H and O–H groups in total. The lowest BCUT2D eigenvalue weighted by Crippen LogP contribution is -2.12. The highest BCUT2D eigenvalue weighted by Gasteiger charge is 2.21. The fourth-order valence-corrected chi connectivity index (χ4v) is 7.05. The van der Waals surface area contributed by atoms with Crippen molar-refractivity contribution in [3.63, 3.8) is 0 Å². The molecule has 5 nitrogen and oxygen atoms in total. The summed E-state index contributed by atoms with van der Waals surface area (Å²) in [5.74, 6) is 3.46. The predicted molar refractivity (Wildman–Crippen MR) is 208 cm³/mol. The first-order valence-corrected chi connectivity index (χ1v) is 18.1. The lowest BCUT2D eigenvalue weighted by Gasteiger charge is -2.20. The van der Waals surface area contributed by atoms with Crippen molar-refractivity contribution in [1.82, 2.24) is 19.3 Å². The van der Waals surface area contributed by atoms with Gasteiger partial charge in [0.05, 0.1) is 28.1 Å². The minimum atomic E-state index is 0.00156. The Morgan fingerprint density at radius 2 is 1.50 bits per heavy atom. The molecule has 0 amide bonds. The van der Waals surface area contributed by atoms with E-state index in [0.717, 1.165) is 52.6 Å². The third-order valence-corrected chi connectivity index (χ3v) is 10.2. The SMILES string of the molecule is CCc1nn(-c2cccc(Oc3ccc4c5cc(C(C)C(C)C)ccc5n(-c5cc(C(C)(C)C)ccn5)c4c3)c2)c(CC)c1-c1ccccc1. The molecule has 50 heavy (non-hydrogen) atoms. The number of hydrogen-bond donors (Lipinski definition) is 0. The number of nitrogens with zero attached hydrogens (tertiary/aromatic N) is 4. The number of rotatable bonds is 9. The van der Waals surface area contributed by atoms with Crippen molar-refractivity contribution < 1.29 is 4.74 Å². The second-order valence-electron chi connectivity index (χ2n) is 14.8. The molecule has 0 radical (unpaired) electrons. The van der Waals surface area contributed by atoms with Crippen molar-refractivity contribution in [3.8, 4) is 34.1 Å². The minimum Gasteiger partial charge on any atom is -0.457 e. The fourth-order valence-electron chi connectivity index (χ4n) is 7.05. The Kier molecular flexibility index (Phi) is 8.86. The summed E-state index contributed by atoms with van der Waals surface area (Å²) in [7, 11) is 0. The molecule has 0 aliphatic carbocycles. The second kappa shape index (κ2) is 13.3. The van der Waals surface area contributed by atoms with Gasteiger partial charge in [0.25, 0.3) is 0 Å². The molecule has 0 spiro atoms. The molecule has 5 heteroatoms. The third kappa shape index (κ3) is 6.10. The van der Waals surface area contributed by atoms with Gasteiger partial charge in [0.15, 0.2) is 0 Å². The topological polar surface area (TPSA) is 44.9 Å². The molecule has 1 unspecified atom stereocenters. The summed E-state index contributed by atoms with van der Waals surface area (Å²) in [6.07, 6.45) is 3.66. The number of hydrogen-bond acceptors (Lipinski definition) is 3. The van der Waals surface area contributed by atoms with E-state index < -0.39 is 0 Å². The van der Waals surface area contributed by atoms with Crippen LogP contribution in [0.25, 0.3) is 44.4 Å². The average molecular weight is 661 g/mol. The molecule has 0 saturated carbocycles. The van der Waals surface area contributed by atoms with Gasteiger partial charge < -0.3 is 4.74 Å². The number of ether oxygens (including phenoxy) is 1. The normalized spacial score (nSPS) is 12.7. The van der Waals surface area contributed by atoms with E-state index in [9.17, 15) is 0 Å². The zero-order chi connectivity index (χ0) is 35.2. The van der Waals surface area contributed by atoms with Crippen molar-refractivity contribution >= 4 is 21.8 Å². The number of aryl methyl sites for hydroxylation is 1. The molecular formula is C45H48N4O. The minimum absolute atomic E-state index is 0.00156.